The first-order valence-corrected chi connectivity index (χ1v) is 26.1. The number of amides is 1. The van der Waals surface area contributed by atoms with Gasteiger partial charge in [0.05, 0.1) is 13.2 Å². The van der Waals surface area contributed by atoms with Gasteiger partial charge in [0.1, 0.15) is 12.7 Å². The average molecular weight is 866 g/mol. The van der Waals surface area contributed by atoms with E-state index < -0.39 is 26.5 Å². The summed E-state index contributed by atoms with van der Waals surface area (Å²) in [6, 6.07) is 0. The molecule has 60 heavy (non-hydrogen) atoms. The van der Waals surface area contributed by atoms with Crippen LogP contribution >= 0.6 is 7.82 Å². The number of ether oxygens (including phenoxy) is 1. The van der Waals surface area contributed by atoms with Crippen LogP contribution in [0.5, 0.6) is 0 Å². The molecule has 0 spiro atoms. The monoisotopic (exact) mass is 866 g/mol. The lowest BCUT2D eigenvalue weighted by molar-refractivity contribution is -0.147. The molecule has 3 N–H and O–H groups in total. The van der Waals surface area contributed by atoms with Crippen LogP contribution in [-0.4, -0.2) is 54.3 Å². The second kappa shape index (κ2) is 46.5. The summed E-state index contributed by atoms with van der Waals surface area (Å²) in [6.45, 7) is 3.52. The Labute approximate surface area is 368 Å². The lowest BCUT2D eigenvalue weighted by atomic mass is 10.0. The van der Waals surface area contributed by atoms with E-state index in [4.69, 9.17) is 13.8 Å². The van der Waals surface area contributed by atoms with E-state index >= 15 is 0 Å². The molecule has 350 valence electrons. The molecule has 0 saturated heterocycles. The van der Waals surface area contributed by atoms with Gasteiger partial charge in [-0.1, -0.05) is 204 Å². The average Bonchev–Trinajstić information content (AvgIpc) is 3.23. The number of unbranched alkanes of at least 4 members (excludes halogenated alkanes) is 25. The van der Waals surface area contributed by atoms with Gasteiger partial charge in [0.25, 0.3) is 0 Å². The molecule has 2 unspecified atom stereocenters. The number of phosphoric acid groups is 1. The molecule has 0 radical (unpaired) electrons. The Kier molecular flexibility index (Phi) is 44.9. The zero-order chi connectivity index (χ0) is 43.9. The highest BCUT2D eigenvalue weighted by molar-refractivity contribution is 7.47. The first-order valence-electron chi connectivity index (χ1n) is 24.6. The van der Waals surface area contributed by atoms with Gasteiger partial charge in [0.2, 0.25) is 5.91 Å². The summed E-state index contributed by atoms with van der Waals surface area (Å²) in [6.07, 6.45) is 54.7. The van der Waals surface area contributed by atoms with E-state index in [0.29, 0.717) is 12.8 Å². The van der Waals surface area contributed by atoms with E-state index in [9.17, 15) is 24.2 Å². The zero-order valence-corrected chi connectivity index (χ0v) is 39.5. The number of hydrogen-bond donors (Lipinski definition) is 3. The Bertz CT molecular complexity index is 1120. The molecule has 0 aliphatic carbocycles. The Hall–Kier alpha value is -2.03. The fourth-order valence-electron chi connectivity index (χ4n) is 6.78. The molecule has 0 saturated carbocycles. The molecule has 0 aromatic carbocycles. The SMILES string of the molecule is CCCCC/C=C\C/C=C\C/C=C\C/C=C\CCCCCC(=O)OCC(O)COP(=O)(O)OCCNC(=O)CCCCCCCCCCCCCCCCCCCCCC. The van der Waals surface area contributed by atoms with Crippen LogP contribution in [0, 0.1) is 0 Å². The summed E-state index contributed by atoms with van der Waals surface area (Å²) >= 11 is 0. The van der Waals surface area contributed by atoms with Gasteiger partial charge in [-0.2, -0.15) is 0 Å². The van der Waals surface area contributed by atoms with Gasteiger partial charge in [0, 0.05) is 19.4 Å². The predicted octanol–water partition coefficient (Wildman–Crippen LogP) is 14.3. The third-order valence-corrected chi connectivity index (χ3v) is 11.5. The van der Waals surface area contributed by atoms with Crippen molar-refractivity contribution >= 4 is 19.7 Å². The Morgan fingerprint density at radius 3 is 1.38 bits per heavy atom. The normalized spacial score (nSPS) is 13.6. The smallest absolute Gasteiger partial charge is 0.463 e. The van der Waals surface area contributed by atoms with Crippen molar-refractivity contribution in [2.24, 2.45) is 0 Å². The summed E-state index contributed by atoms with van der Waals surface area (Å²) in [5.74, 6) is -0.542. The van der Waals surface area contributed by atoms with Gasteiger partial charge in [0.15, 0.2) is 0 Å². The summed E-state index contributed by atoms with van der Waals surface area (Å²) in [5.41, 5.74) is 0. The van der Waals surface area contributed by atoms with Crippen LogP contribution in [0.15, 0.2) is 48.6 Å². The minimum absolute atomic E-state index is 0.0790. The third-order valence-electron chi connectivity index (χ3n) is 10.5. The van der Waals surface area contributed by atoms with E-state index in [1.165, 1.54) is 135 Å². The van der Waals surface area contributed by atoms with Crippen molar-refractivity contribution in [1.82, 2.24) is 5.32 Å². The molecule has 0 aromatic heterocycles. The van der Waals surface area contributed by atoms with Gasteiger partial charge in [-0.05, 0) is 57.8 Å². The van der Waals surface area contributed by atoms with E-state index in [1.54, 1.807) is 0 Å². The van der Waals surface area contributed by atoms with Crippen LogP contribution < -0.4 is 5.32 Å². The van der Waals surface area contributed by atoms with Crippen LogP contribution in [0.4, 0.5) is 0 Å². The molecule has 0 aliphatic heterocycles. The molecule has 9 nitrogen and oxygen atoms in total. The first-order chi connectivity index (χ1) is 29.3. The van der Waals surface area contributed by atoms with Crippen LogP contribution in [0.3, 0.4) is 0 Å². The largest absolute Gasteiger partial charge is 0.472 e. The number of esters is 1. The standard InChI is InChI=1S/C50H92NO8P/c1-3-5-7-9-11-13-15-17-19-21-23-25-26-28-30-32-34-36-38-40-42-49(53)51-44-45-58-60(55,56)59-47-48(52)46-57-50(54)43-41-39-37-35-33-31-29-27-24-22-20-18-16-14-12-10-8-6-4-2/h12,14,18,20,24,27,31,33,48,52H,3-11,13,15-17,19,21-23,25-26,28-30,32,34-47H2,1-2H3,(H,51,53)(H,55,56)/b14-12-,20-18-,27-24-,33-31-. The molecule has 0 aliphatic rings. The number of nitrogens with one attached hydrogen (secondary N) is 1. The summed E-state index contributed by atoms with van der Waals surface area (Å²) in [7, 11) is -4.43. The Balaban J connectivity index is 3.60. The summed E-state index contributed by atoms with van der Waals surface area (Å²) in [4.78, 5) is 34.0. The van der Waals surface area contributed by atoms with Crippen molar-refractivity contribution < 1.29 is 37.9 Å². The number of phosphoric ester groups is 1. The second-order valence-corrected chi connectivity index (χ2v) is 17.9. The number of allylic oxidation sites excluding steroid dienone is 8. The van der Waals surface area contributed by atoms with Gasteiger partial charge in [-0.25, -0.2) is 4.57 Å². The van der Waals surface area contributed by atoms with E-state index in [1.807, 2.05) is 0 Å². The molecule has 0 bridgehead atoms. The zero-order valence-electron chi connectivity index (χ0n) is 38.7. The van der Waals surface area contributed by atoms with Crippen molar-refractivity contribution in [3.8, 4) is 0 Å². The van der Waals surface area contributed by atoms with Crippen molar-refractivity contribution in [3.05, 3.63) is 48.6 Å². The van der Waals surface area contributed by atoms with E-state index in [2.05, 4.69) is 67.8 Å². The summed E-state index contributed by atoms with van der Waals surface area (Å²) in [5, 5.41) is 12.7. The molecule has 2 atom stereocenters. The summed E-state index contributed by atoms with van der Waals surface area (Å²) < 4.78 is 26.9. The number of carbonyl (C=O) groups is 2. The molecular formula is C50H92NO8P. The van der Waals surface area contributed by atoms with Crippen molar-refractivity contribution in [3.63, 3.8) is 0 Å². The van der Waals surface area contributed by atoms with Crippen molar-refractivity contribution in [1.29, 1.82) is 0 Å². The number of carbonyl (C=O) groups excluding carboxylic acids is 2. The number of aliphatic hydroxyl groups is 1. The van der Waals surface area contributed by atoms with Crippen LogP contribution in [0.25, 0.3) is 0 Å². The van der Waals surface area contributed by atoms with Gasteiger partial charge in [-0.3, -0.25) is 18.6 Å². The highest BCUT2D eigenvalue weighted by Gasteiger charge is 2.23. The topological polar surface area (TPSA) is 131 Å². The molecule has 0 fully saturated rings. The Morgan fingerprint density at radius 2 is 0.900 bits per heavy atom. The van der Waals surface area contributed by atoms with Gasteiger partial charge >= 0.3 is 13.8 Å². The first kappa shape index (κ1) is 58.0. The fourth-order valence-corrected chi connectivity index (χ4v) is 7.53. The fraction of sp³-hybridized carbons (Fsp3) is 0.800. The lowest BCUT2D eigenvalue weighted by Gasteiger charge is -2.15. The highest BCUT2D eigenvalue weighted by Crippen LogP contribution is 2.42. The van der Waals surface area contributed by atoms with Gasteiger partial charge in [-0.15, -0.1) is 0 Å². The maximum absolute atomic E-state index is 12.1. The lowest BCUT2D eigenvalue weighted by Crippen LogP contribution is -2.27. The number of rotatable bonds is 46. The molecule has 0 aromatic rings. The quantitative estimate of drug-likeness (QED) is 0.0239. The molecule has 1 amide bonds. The predicted molar refractivity (Wildman–Crippen MR) is 252 cm³/mol. The van der Waals surface area contributed by atoms with Crippen molar-refractivity contribution in [2.75, 3.05) is 26.4 Å². The molecule has 0 heterocycles. The minimum atomic E-state index is -4.43. The van der Waals surface area contributed by atoms with Crippen LogP contribution in [0.2, 0.25) is 0 Å². The maximum Gasteiger partial charge on any atom is 0.472 e. The highest BCUT2D eigenvalue weighted by atomic mass is 31.2. The molecular weight excluding hydrogens is 774 g/mol. The van der Waals surface area contributed by atoms with E-state index in [-0.39, 0.29) is 32.1 Å². The molecule has 10 heteroatoms. The maximum atomic E-state index is 12.1. The van der Waals surface area contributed by atoms with Gasteiger partial charge < -0.3 is 20.1 Å². The Morgan fingerprint density at radius 1 is 0.517 bits per heavy atom. The van der Waals surface area contributed by atoms with Crippen molar-refractivity contribution in [2.45, 2.75) is 232 Å². The van der Waals surface area contributed by atoms with E-state index in [0.717, 1.165) is 57.8 Å². The second-order valence-electron chi connectivity index (χ2n) is 16.4. The van der Waals surface area contributed by atoms with Crippen LogP contribution in [0.1, 0.15) is 226 Å². The van der Waals surface area contributed by atoms with Crippen LogP contribution in [-0.2, 0) is 27.9 Å². The molecule has 0 rings (SSSR count). The minimum Gasteiger partial charge on any atom is -0.463 e. The number of hydrogen-bond acceptors (Lipinski definition) is 7. The third kappa shape index (κ3) is 47.0. The number of aliphatic hydroxyl groups excluding tert-OH is 1.